The summed E-state index contributed by atoms with van der Waals surface area (Å²) in [6.45, 7) is 2.08. The Kier molecular flexibility index (Phi) is 4.94. The summed E-state index contributed by atoms with van der Waals surface area (Å²) in [7, 11) is 0. The fourth-order valence-electron chi connectivity index (χ4n) is 1.92. The van der Waals surface area contributed by atoms with Gasteiger partial charge in [0.25, 0.3) is 0 Å². The van der Waals surface area contributed by atoms with Crippen molar-refractivity contribution in [2.75, 3.05) is 6.61 Å². The van der Waals surface area contributed by atoms with Crippen LogP contribution in [0, 0.1) is 7.14 Å². The van der Waals surface area contributed by atoms with E-state index in [2.05, 4.69) is 60.4 Å². The van der Waals surface area contributed by atoms with E-state index in [1.54, 1.807) is 40.8 Å². The summed E-state index contributed by atoms with van der Waals surface area (Å²) in [6.07, 6.45) is 7.09. The Bertz CT molecular complexity index is 800. The molecule has 3 heterocycles. The standard InChI is InChI=1S/C14H11I2N5O2/c1-2-23-14(22)9-3-12(20-7-10(15)5-17-20)19-13(4-9)21-8-11(16)6-18-21/h3-8H,2H2,1H3. The van der Waals surface area contributed by atoms with Crippen LogP contribution in [0.4, 0.5) is 0 Å². The molecule has 0 aromatic carbocycles. The zero-order valence-electron chi connectivity index (χ0n) is 12.0. The van der Waals surface area contributed by atoms with Crippen LogP contribution in [-0.2, 0) is 4.74 Å². The molecular formula is C14H11I2N5O2. The molecular weight excluding hydrogens is 524 g/mol. The third kappa shape index (κ3) is 3.71. The molecule has 23 heavy (non-hydrogen) atoms. The van der Waals surface area contributed by atoms with Crippen molar-refractivity contribution in [1.82, 2.24) is 24.5 Å². The zero-order valence-corrected chi connectivity index (χ0v) is 16.3. The highest BCUT2D eigenvalue weighted by molar-refractivity contribution is 14.1. The maximum absolute atomic E-state index is 12.1. The molecule has 0 unspecified atom stereocenters. The molecule has 9 heteroatoms. The average Bonchev–Trinajstić information content (AvgIpc) is 3.16. The molecule has 0 aliphatic rings. The monoisotopic (exact) mass is 535 g/mol. The number of rotatable bonds is 4. The number of hydrogen-bond donors (Lipinski definition) is 0. The van der Waals surface area contributed by atoms with Crippen LogP contribution in [0.5, 0.6) is 0 Å². The van der Waals surface area contributed by atoms with Crippen molar-refractivity contribution < 1.29 is 9.53 Å². The van der Waals surface area contributed by atoms with Crippen LogP contribution in [0.3, 0.4) is 0 Å². The molecule has 0 N–H and O–H groups in total. The van der Waals surface area contributed by atoms with Crippen molar-refractivity contribution in [3.05, 3.63) is 49.6 Å². The number of esters is 1. The molecule has 0 aliphatic heterocycles. The van der Waals surface area contributed by atoms with Crippen LogP contribution in [-0.4, -0.2) is 37.1 Å². The minimum absolute atomic E-state index is 0.311. The van der Waals surface area contributed by atoms with Crippen molar-refractivity contribution >= 4 is 51.2 Å². The van der Waals surface area contributed by atoms with Crippen LogP contribution in [0.1, 0.15) is 17.3 Å². The van der Waals surface area contributed by atoms with Gasteiger partial charge in [-0.15, -0.1) is 0 Å². The first-order chi connectivity index (χ1) is 11.1. The van der Waals surface area contributed by atoms with E-state index in [-0.39, 0.29) is 0 Å². The van der Waals surface area contributed by atoms with Gasteiger partial charge in [0.2, 0.25) is 0 Å². The Morgan fingerprint density at radius 3 is 2.00 bits per heavy atom. The highest BCUT2D eigenvalue weighted by atomic mass is 127. The third-order valence-corrected chi connectivity index (χ3v) is 4.00. The number of pyridine rings is 1. The minimum atomic E-state index is -0.402. The zero-order chi connectivity index (χ0) is 16.4. The number of halogens is 2. The summed E-state index contributed by atoms with van der Waals surface area (Å²) < 4.78 is 10.3. The summed E-state index contributed by atoms with van der Waals surface area (Å²) >= 11 is 4.33. The van der Waals surface area contributed by atoms with Crippen molar-refractivity contribution in [3.8, 4) is 11.6 Å². The number of ether oxygens (including phenoxy) is 1. The van der Waals surface area contributed by atoms with Crippen LogP contribution in [0.15, 0.2) is 36.9 Å². The first-order valence-corrected chi connectivity index (χ1v) is 8.83. The van der Waals surface area contributed by atoms with E-state index in [1.165, 1.54) is 0 Å². The van der Waals surface area contributed by atoms with E-state index < -0.39 is 5.97 Å². The quantitative estimate of drug-likeness (QED) is 0.380. The SMILES string of the molecule is CCOC(=O)c1cc(-n2cc(I)cn2)nc(-n2cc(I)cn2)c1. The molecule has 0 radical (unpaired) electrons. The van der Waals surface area contributed by atoms with Crippen LogP contribution in [0.25, 0.3) is 11.6 Å². The molecule has 0 amide bonds. The van der Waals surface area contributed by atoms with Gasteiger partial charge in [-0.25, -0.2) is 19.1 Å². The van der Waals surface area contributed by atoms with Gasteiger partial charge in [-0.1, -0.05) is 0 Å². The number of carbonyl (C=O) groups is 1. The Morgan fingerprint density at radius 2 is 1.61 bits per heavy atom. The largest absolute Gasteiger partial charge is 0.462 e. The maximum atomic E-state index is 12.1. The molecule has 0 bridgehead atoms. The van der Waals surface area contributed by atoms with Crippen molar-refractivity contribution in [2.24, 2.45) is 0 Å². The molecule has 3 aromatic rings. The Balaban J connectivity index is 2.12. The predicted octanol–water partition coefficient (Wildman–Crippen LogP) is 2.84. The predicted molar refractivity (Wildman–Crippen MR) is 99.9 cm³/mol. The van der Waals surface area contributed by atoms with Gasteiger partial charge in [0.1, 0.15) is 0 Å². The number of carbonyl (C=O) groups excluding carboxylic acids is 1. The van der Waals surface area contributed by atoms with Gasteiger partial charge < -0.3 is 4.74 Å². The van der Waals surface area contributed by atoms with Crippen molar-refractivity contribution in [2.45, 2.75) is 6.92 Å². The maximum Gasteiger partial charge on any atom is 0.338 e. The van der Waals surface area contributed by atoms with Gasteiger partial charge in [-0.2, -0.15) is 10.2 Å². The van der Waals surface area contributed by atoms with Gasteiger partial charge in [-0.3, -0.25) is 0 Å². The summed E-state index contributed by atoms with van der Waals surface area (Å²) in [5, 5.41) is 8.47. The fraction of sp³-hybridized carbons (Fsp3) is 0.143. The smallest absolute Gasteiger partial charge is 0.338 e. The van der Waals surface area contributed by atoms with Crippen LogP contribution < -0.4 is 0 Å². The van der Waals surface area contributed by atoms with E-state index in [1.807, 2.05) is 12.4 Å². The van der Waals surface area contributed by atoms with Gasteiger partial charge in [0.15, 0.2) is 11.6 Å². The molecule has 0 fully saturated rings. The molecule has 7 nitrogen and oxygen atoms in total. The summed E-state index contributed by atoms with van der Waals surface area (Å²) in [5.41, 5.74) is 0.405. The molecule has 0 spiro atoms. The molecule has 0 aliphatic carbocycles. The van der Waals surface area contributed by atoms with E-state index >= 15 is 0 Å². The second-order valence-electron chi connectivity index (χ2n) is 4.50. The Labute approximate surface area is 159 Å². The summed E-state index contributed by atoms with van der Waals surface area (Å²) in [4.78, 5) is 16.6. The molecule has 0 saturated heterocycles. The molecule has 0 atom stereocenters. The topological polar surface area (TPSA) is 74.8 Å². The first-order valence-electron chi connectivity index (χ1n) is 6.67. The van der Waals surface area contributed by atoms with E-state index in [4.69, 9.17) is 4.74 Å². The number of hydrogen-bond acceptors (Lipinski definition) is 5. The lowest BCUT2D eigenvalue weighted by atomic mass is 10.2. The fourth-order valence-corrected chi connectivity index (χ4v) is 2.70. The van der Waals surface area contributed by atoms with E-state index in [9.17, 15) is 4.79 Å². The first kappa shape index (κ1) is 16.4. The highest BCUT2D eigenvalue weighted by Crippen LogP contribution is 2.16. The lowest BCUT2D eigenvalue weighted by Crippen LogP contribution is -2.10. The summed E-state index contributed by atoms with van der Waals surface area (Å²) in [6, 6.07) is 3.30. The normalized spacial score (nSPS) is 10.7. The summed E-state index contributed by atoms with van der Waals surface area (Å²) in [5.74, 6) is 0.652. The lowest BCUT2D eigenvalue weighted by molar-refractivity contribution is 0.0526. The molecule has 3 aromatic heterocycles. The van der Waals surface area contributed by atoms with Gasteiger partial charge in [0, 0.05) is 12.4 Å². The third-order valence-electron chi connectivity index (χ3n) is 2.88. The molecule has 118 valence electrons. The van der Waals surface area contributed by atoms with Gasteiger partial charge in [0.05, 0.1) is 31.7 Å². The lowest BCUT2D eigenvalue weighted by Gasteiger charge is -2.08. The molecule has 0 saturated carbocycles. The van der Waals surface area contributed by atoms with Crippen molar-refractivity contribution in [3.63, 3.8) is 0 Å². The van der Waals surface area contributed by atoms with Crippen LogP contribution in [0.2, 0.25) is 0 Å². The molecule has 3 rings (SSSR count). The van der Waals surface area contributed by atoms with Gasteiger partial charge >= 0.3 is 5.97 Å². The number of aromatic nitrogens is 5. The Morgan fingerprint density at radius 1 is 1.09 bits per heavy atom. The van der Waals surface area contributed by atoms with Crippen molar-refractivity contribution in [1.29, 1.82) is 0 Å². The highest BCUT2D eigenvalue weighted by Gasteiger charge is 2.14. The van der Waals surface area contributed by atoms with E-state index in [0.717, 1.165) is 7.14 Å². The minimum Gasteiger partial charge on any atom is -0.462 e. The Hall–Kier alpha value is -1.50. The van der Waals surface area contributed by atoms with Gasteiger partial charge in [-0.05, 0) is 64.2 Å². The van der Waals surface area contributed by atoms with Crippen LogP contribution >= 0.6 is 45.2 Å². The number of nitrogens with zero attached hydrogens (tertiary/aromatic N) is 5. The average molecular weight is 535 g/mol. The van der Waals surface area contributed by atoms with E-state index in [0.29, 0.717) is 23.8 Å². The second-order valence-corrected chi connectivity index (χ2v) is 6.99. The second kappa shape index (κ2) is 6.95.